The molecular formula is C9H15N3O3. The Morgan fingerprint density at radius 2 is 1.87 bits per heavy atom. The zero-order valence-electron chi connectivity index (χ0n) is 9.35. The first-order chi connectivity index (χ1) is 6.86. The maximum Gasteiger partial charge on any atom is 0.338 e. The summed E-state index contributed by atoms with van der Waals surface area (Å²) in [5.74, 6) is -0.988. The van der Waals surface area contributed by atoms with Crippen molar-refractivity contribution in [2.24, 2.45) is 5.92 Å². The number of imide groups is 1. The predicted molar refractivity (Wildman–Crippen MR) is 52.5 cm³/mol. The molecule has 0 aromatic heterocycles. The van der Waals surface area contributed by atoms with Crippen LogP contribution in [0.15, 0.2) is 0 Å². The van der Waals surface area contributed by atoms with Crippen molar-refractivity contribution in [2.75, 3.05) is 21.1 Å². The summed E-state index contributed by atoms with van der Waals surface area (Å²) in [7, 11) is 4.54. The summed E-state index contributed by atoms with van der Waals surface area (Å²) in [6.45, 7) is 1.67. The largest absolute Gasteiger partial charge is 0.338 e. The highest BCUT2D eigenvalue weighted by Crippen LogP contribution is 2.20. The van der Waals surface area contributed by atoms with Crippen molar-refractivity contribution in [3.8, 4) is 0 Å². The van der Waals surface area contributed by atoms with Gasteiger partial charge in [0.05, 0.1) is 0 Å². The first kappa shape index (κ1) is 11.5. The van der Waals surface area contributed by atoms with Gasteiger partial charge in [-0.3, -0.25) is 9.59 Å². The number of amides is 4. The van der Waals surface area contributed by atoms with E-state index in [1.807, 2.05) is 0 Å². The van der Waals surface area contributed by atoms with Gasteiger partial charge in [-0.25, -0.2) is 9.80 Å². The van der Waals surface area contributed by atoms with E-state index in [9.17, 15) is 14.4 Å². The fourth-order valence-corrected chi connectivity index (χ4v) is 1.46. The van der Waals surface area contributed by atoms with Crippen LogP contribution in [-0.4, -0.2) is 53.9 Å². The summed E-state index contributed by atoms with van der Waals surface area (Å²) in [6.07, 6.45) is 0.171. The van der Waals surface area contributed by atoms with Crippen molar-refractivity contribution < 1.29 is 14.4 Å². The number of rotatable bonds is 1. The summed E-state index contributed by atoms with van der Waals surface area (Å²) >= 11 is 0. The van der Waals surface area contributed by atoms with Gasteiger partial charge in [-0.05, 0) is 0 Å². The molecule has 0 spiro atoms. The molecule has 0 aliphatic carbocycles. The van der Waals surface area contributed by atoms with Gasteiger partial charge in [-0.15, -0.1) is 0 Å². The van der Waals surface area contributed by atoms with E-state index in [2.05, 4.69) is 0 Å². The fourth-order valence-electron chi connectivity index (χ4n) is 1.46. The molecule has 1 aliphatic rings. The zero-order chi connectivity index (χ0) is 11.7. The molecule has 1 aliphatic heterocycles. The van der Waals surface area contributed by atoms with E-state index in [4.69, 9.17) is 0 Å². The number of nitrogens with zero attached hydrogens (tertiary/aromatic N) is 3. The molecule has 0 N–H and O–H groups in total. The van der Waals surface area contributed by atoms with E-state index in [0.717, 1.165) is 10.0 Å². The van der Waals surface area contributed by atoms with Crippen molar-refractivity contribution in [2.45, 2.75) is 13.3 Å². The summed E-state index contributed by atoms with van der Waals surface area (Å²) in [5, 5.41) is 1.96. The highest BCUT2D eigenvalue weighted by atomic mass is 16.2. The predicted octanol–water partition coefficient (Wildman–Crippen LogP) is -0.0902. The van der Waals surface area contributed by atoms with Gasteiger partial charge in [0.1, 0.15) is 0 Å². The van der Waals surface area contributed by atoms with Crippen LogP contribution in [0.5, 0.6) is 0 Å². The Morgan fingerprint density at radius 3 is 2.20 bits per heavy atom. The minimum absolute atomic E-state index is 0.171. The van der Waals surface area contributed by atoms with Crippen LogP contribution in [0.3, 0.4) is 0 Å². The van der Waals surface area contributed by atoms with Crippen LogP contribution in [0.2, 0.25) is 0 Å². The SMILES string of the molecule is CC1CC(=O)N(N(C)C(=O)N(C)C)C1=O. The zero-order valence-corrected chi connectivity index (χ0v) is 9.35. The minimum Gasteiger partial charge on any atom is -0.329 e. The normalized spacial score (nSPS) is 20.8. The van der Waals surface area contributed by atoms with Crippen molar-refractivity contribution >= 4 is 17.8 Å². The van der Waals surface area contributed by atoms with Gasteiger partial charge < -0.3 is 4.90 Å². The van der Waals surface area contributed by atoms with E-state index in [0.29, 0.717) is 0 Å². The second-order valence-corrected chi connectivity index (χ2v) is 3.85. The molecule has 84 valence electrons. The molecule has 6 nitrogen and oxygen atoms in total. The number of hydrogen-bond donors (Lipinski definition) is 0. The Kier molecular flexibility index (Phi) is 2.97. The van der Waals surface area contributed by atoms with E-state index in [1.54, 1.807) is 21.0 Å². The third kappa shape index (κ3) is 1.93. The smallest absolute Gasteiger partial charge is 0.329 e. The van der Waals surface area contributed by atoms with Crippen LogP contribution in [0.1, 0.15) is 13.3 Å². The number of carbonyl (C=O) groups excluding carboxylic acids is 3. The molecular weight excluding hydrogens is 198 g/mol. The van der Waals surface area contributed by atoms with Gasteiger partial charge in [0, 0.05) is 33.5 Å². The number of urea groups is 1. The second-order valence-electron chi connectivity index (χ2n) is 3.85. The van der Waals surface area contributed by atoms with Crippen LogP contribution in [0.4, 0.5) is 4.79 Å². The van der Waals surface area contributed by atoms with Crippen molar-refractivity contribution in [3.05, 3.63) is 0 Å². The average molecular weight is 213 g/mol. The molecule has 0 aromatic carbocycles. The standard InChI is InChI=1S/C9H15N3O3/c1-6-5-7(13)12(8(6)14)11(4)9(15)10(2)3/h6H,5H2,1-4H3. The maximum atomic E-state index is 11.6. The molecule has 1 fully saturated rings. The fraction of sp³-hybridized carbons (Fsp3) is 0.667. The molecule has 0 radical (unpaired) electrons. The topological polar surface area (TPSA) is 60.9 Å². The Hall–Kier alpha value is -1.59. The van der Waals surface area contributed by atoms with E-state index in [1.165, 1.54) is 11.9 Å². The Labute approximate surface area is 88.4 Å². The molecule has 4 amide bonds. The van der Waals surface area contributed by atoms with Gasteiger partial charge in [-0.1, -0.05) is 6.92 Å². The molecule has 1 unspecified atom stereocenters. The highest BCUT2D eigenvalue weighted by molar-refractivity contribution is 6.04. The van der Waals surface area contributed by atoms with Crippen LogP contribution in [0, 0.1) is 5.92 Å². The molecule has 1 rings (SSSR count). The van der Waals surface area contributed by atoms with Crippen LogP contribution in [-0.2, 0) is 9.59 Å². The Balaban J connectivity index is 2.84. The van der Waals surface area contributed by atoms with Gasteiger partial charge in [-0.2, -0.15) is 5.01 Å². The van der Waals surface area contributed by atoms with Crippen LogP contribution < -0.4 is 0 Å². The molecule has 6 heteroatoms. The van der Waals surface area contributed by atoms with Crippen LogP contribution in [0.25, 0.3) is 0 Å². The lowest BCUT2D eigenvalue weighted by atomic mass is 10.1. The number of hydrogen-bond acceptors (Lipinski definition) is 3. The third-order valence-electron chi connectivity index (χ3n) is 2.31. The van der Waals surface area contributed by atoms with Gasteiger partial charge in [0.2, 0.25) is 5.91 Å². The summed E-state index contributed by atoms with van der Waals surface area (Å²) in [5.41, 5.74) is 0. The van der Waals surface area contributed by atoms with Crippen molar-refractivity contribution in [1.82, 2.24) is 14.9 Å². The monoisotopic (exact) mass is 213 g/mol. The Morgan fingerprint density at radius 1 is 1.33 bits per heavy atom. The molecule has 0 bridgehead atoms. The minimum atomic E-state index is -0.397. The summed E-state index contributed by atoms with van der Waals surface area (Å²) in [4.78, 5) is 35.9. The van der Waals surface area contributed by atoms with Crippen LogP contribution >= 0.6 is 0 Å². The van der Waals surface area contributed by atoms with E-state index >= 15 is 0 Å². The summed E-state index contributed by atoms with van der Waals surface area (Å²) < 4.78 is 0. The molecule has 1 heterocycles. The van der Waals surface area contributed by atoms with Crippen molar-refractivity contribution in [3.63, 3.8) is 0 Å². The lowest BCUT2D eigenvalue weighted by Gasteiger charge is -2.28. The first-order valence-corrected chi connectivity index (χ1v) is 4.68. The van der Waals surface area contributed by atoms with E-state index in [-0.39, 0.29) is 24.2 Å². The first-order valence-electron chi connectivity index (χ1n) is 4.68. The quantitative estimate of drug-likeness (QED) is 0.572. The average Bonchev–Trinajstić information content (AvgIpc) is 2.39. The second kappa shape index (κ2) is 3.88. The van der Waals surface area contributed by atoms with Gasteiger partial charge in [0.25, 0.3) is 5.91 Å². The van der Waals surface area contributed by atoms with Crippen molar-refractivity contribution in [1.29, 1.82) is 0 Å². The number of carbonyl (C=O) groups is 3. The molecule has 0 saturated carbocycles. The lowest BCUT2D eigenvalue weighted by molar-refractivity contribution is -0.152. The Bertz CT molecular complexity index is 314. The number of hydrazine groups is 1. The molecule has 15 heavy (non-hydrogen) atoms. The van der Waals surface area contributed by atoms with E-state index < -0.39 is 6.03 Å². The third-order valence-corrected chi connectivity index (χ3v) is 2.31. The summed E-state index contributed by atoms with van der Waals surface area (Å²) in [6, 6.07) is -0.397. The van der Waals surface area contributed by atoms with Gasteiger partial charge in [0.15, 0.2) is 0 Å². The lowest BCUT2D eigenvalue weighted by Crippen LogP contribution is -2.50. The molecule has 1 saturated heterocycles. The van der Waals surface area contributed by atoms with Gasteiger partial charge >= 0.3 is 6.03 Å². The molecule has 1 atom stereocenters. The maximum absolute atomic E-state index is 11.6. The molecule has 0 aromatic rings. The highest BCUT2D eigenvalue weighted by Gasteiger charge is 2.40.